The Balaban J connectivity index is 2.03. The molecule has 0 saturated heterocycles. The molecule has 0 saturated carbocycles. The smallest absolute Gasteiger partial charge is 0.169 e. The molecule has 2 heterocycles. The Labute approximate surface area is 86.6 Å². The topological polar surface area (TPSA) is 89.6 Å². The molecule has 2 aromatic rings. The largest absolute Gasteiger partial charge is 0.381 e. The number of aromatic nitrogens is 4. The molecule has 2 aromatic heterocycles. The molecule has 2 rings (SSSR count). The first-order valence-corrected chi connectivity index (χ1v) is 4.43. The first-order valence-electron chi connectivity index (χ1n) is 4.43. The molecule has 0 fully saturated rings. The number of hydrogen-bond donors (Lipinski definition) is 2. The highest BCUT2D eigenvalue weighted by Gasteiger charge is 2.00. The molecule has 3 N–H and O–H groups in total. The summed E-state index contributed by atoms with van der Waals surface area (Å²) in [6.07, 6.45) is 4.75. The van der Waals surface area contributed by atoms with Gasteiger partial charge in [-0.05, 0) is 12.1 Å². The minimum Gasteiger partial charge on any atom is -0.381 e. The van der Waals surface area contributed by atoms with Gasteiger partial charge in [-0.2, -0.15) is 10.2 Å². The van der Waals surface area contributed by atoms with Crippen LogP contribution in [0.25, 0.3) is 0 Å². The van der Waals surface area contributed by atoms with E-state index >= 15 is 0 Å². The molecule has 0 amide bonds. The van der Waals surface area contributed by atoms with Gasteiger partial charge in [-0.15, -0.1) is 0 Å². The van der Waals surface area contributed by atoms with Crippen molar-refractivity contribution in [3.63, 3.8) is 0 Å². The van der Waals surface area contributed by atoms with Crippen molar-refractivity contribution in [2.45, 2.75) is 6.54 Å². The van der Waals surface area contributed by atoms with E-state index in [0.717, 1.165) is 5.69 Å². The molecule has 0 spiro atoms. The zero-order valence-electron chi connectivity index (χ0n) is 7.96. The number of nitrogens with one attached hydrogen (secondary N) is 1. The van der Waals surface area contributed by atoms with Crippen LogP contribution in [-0.4, -0.2) is 20.2 Å². The summed E-state index contributed by atoms with van der Waals surface area (Å²) in [5.74, 6) is 0.935. The van der Waals surface area contributed by atoms with Gasteiger partial charge in [-0.25, -0.2) is 9.97 Å². The third-order valence-corrected chi connectivity index (χ3v) is 1.79. The van der Waals surface area contributed by atoms with Gasteiger partial charge in [0.1, 0.15) is 0 Å². The summed E-state index contributed by atoms with van der Waals surface area (Å²) >= 11 is 0. The SMILES string of the molecule is Nc1nccnc1NCc1cccnn1. The van der Waals surface area contributed by atoms with Crippen LogP contribution in [0.5, 0.6) is 0 Å². The molecule has 15 heavy (non-hydrogen) atoms. The van der Waals surface area contributed by atoms with Gasteiger partial charge >= 0.3 is 0 Å². The average molecular weight is 202 g/mol. The number of nitrogens with two attached hydrogens (primary N) is 1. The van der Waals surface area contributed by atoms with E-state index in [2.05, 4.69) is 25.5 Å². The molecule has 0 aliphatic heterocycles. The van der Waals surface area contributed by atoms with Gasteiger partial charge in [0.15, 0.2) is 11.6 Å². The fourth-order valence-electron chi connectivity index (χ4n) is 1.09. The Bertz CT molecular complexity index is 430. The Morgan fingerprint density at radius 3 is 2.80 bits per heavy atom. The predicted octanol–water partition coefficient (Wildman–Crippen LogP) is 0.461. The second kappa shape index (κ2) is 4.32. The van der Waals surface area contributed by atoms with Gasteiger partial charge in [-0.1, -0.05) is 0 Å². The maximum atomic E-state index is 5.61. The molecule has 0 unspecified atom stereocenters. The maximum absolute atomic E-state index is 5.61. The third-order valence-electron chi connectivity index (χ3n) is 1.79. The van der Waals surface area contributed by atoms with E-state index in [4.69, 9.17) is 5.73 Å². The number of nitrogen functional groups attached to an aromatic ring is 1. The minimum atomic E-state index is 0.376. The van der Waals surface area contributed by atoms with Gasteiger partial charge in [-0.3, -0.25) is 0 Å². The van der Waals surface area contributed by atoms with Crippen molar-refractivity contribution in [1.82, 2.24) is 20.2 Å². The summed E-state index contributed by atoms with van der Waals surface area (Å²) in [4.78, 5) is 7.95. The minimum absolute atomic E-state index is 0.376. The Morgan fingerprint density at radius 1 is 1.20 bits per heavy atom. The lowest BCUT2D eigenvalue weighted by molar-refractivity contribution is 0.919. The Kier molecular flexibility index (Phi) is 2.68. The lowest BCUT2D eigenvalue weighted by atomic mass is 10.4. The second-order valence-corrected chi connectivity index (χ2v) is 2.86. The number of anilines is 2. The van der Waals surface area contributed by atoms with Crippen molar-refractivity contribution in [3.05, 3.63) is 36.4 Å². The van der Waals surface area contributed by atoms with Gasteiger partial charge in [0.2, 0.25) is 0 Å². The average Bonchev–Trinajstić information content (AvgIpc) is 2.29. The number of nitrogens with zero attached hydrogens (tertiary/aromatic N) is 4. The van der Waals surface area contributed by atoms with Gasteiger partial charge in [0.25, 0.3) is 0 Å². The van der Waals surface area contributed by atoms with Crippen molar-refractivity contribution < 1.29 is 0 Å². The Hall–Kier alpha value is -2.24. The van der Waals surface area contributed by atoms with Crippen LogP contribution in [0.15, 0.2) is 30.7 Å². The highest BCUT2D eigenvalue weighted by Crippen LogP contribution is 2.10. The second-order valence-electron chi connectivity index (χ2n) is 2.86. The Morgan fingerprint density at radius 2 is 2.07 bits per heavy atom. The van der Waals surface area contributed by atoms with Gasteiger partial charge < -0.3 is 11.1 Å². The van der Waals surface area contributed by atoms with Crippen LogP contribution < -0.4 is 11.1 Å². The molecule has 6 nitrogen and oxygen atoms in total. The summed E-state index contributed by atoms with van der Waals surface area (Å²) in [5, 5.41) is 10.7. The quantitative estimate of drug-likeness (QED) is 0.751. The molecule has 0 aromatic carbocycles. The molecule has 0 aliphatic carbocycles. The molecule has 76 valence electrons. The molecule has 0 aliphatic rings. The number of rotatable bonds is 3. The van der Waals surface area contributed by atoms with Crippen molar-refractivity contribution >= 4 is 11.6 Å². The van der Waals surface area contributed by atoms with E-state index in [1.807, 2.05) is 12.1 Å². The fourth-order valence-corrected chi connectivity index (χ4v) is 1.09. The zero-order valence-corrected chi connectivity index (χ0v) is 7.96. The van der Waals surface area contributed by atoms with E-state index in [1.54, 1.807) is 18.6 Å². The van der Waals surface area contributed by atoms with Crippen LogP contribution in [0, 0.1) is 0 Å². The van der Waals surface area contributed by atoms with Crippen LogP contribution >= 0.6 is 0 Å². The van der Waals surface area contributed by atoms with Crippen molar-refractivity contribution in [2.24, 2.45) is 0 Å². The summed E-state index contributed by atoms with van der Waals surface area (Å²) in [5.41, 5.74) is 6.43. The van der Waals surface area contributed by atoms with Crippen LogP contribution in [0.4, 0.5) is 11.6 Å². The lowest BCUT2D eigenvalue weighted by Gasteiger charge is -2.05. The first kappa shape index (κ1) is 9.32. The standard InChI is InChI=1S/C9H10N6/c10-8-9(12-5-4-11-8)13-6-7-2-1-3-14-15-7/h1-5H,6H2,(H2,10,11)(H,12,13). The first-order chi connectivity index (χ1) is 7.36. The molecule has 0 radical (unpaired) electrons. The van der Waals surface area contributed by atoms with E-state index in [1.165, 1.54) is 0 Å². The number of hydrogen-bond acceptors (Lipinski definition) is 6. The van der Waals surface area contributed by atoms with Crippen LogP contribution in [0.1, 0.15) is 5.69 Å². The molecular weight excluding hydrogens is 192 g/mol. The summed E-state index contributed by atoms with van der Waals surface area (Å²) in [6, 6.07) is 3.69. The van der Waals surface area contributed by atoms with E-state index in [9.17, 15) is 0 Å². The van der Waals surface area contributed by atoms with Crippen LogP contribution in [0.2, 0.25) is 0 Å². The molecule has 6 heteroatoms. The molecular formula is C9H10N6. The molecule has 0 bridgehead atoms. The van der Waals surface area contributed by atoms with Crippen molar-refractivity contribution in [2.75, 3.05) is 11.1 Å². The summed E-state index contributed by atoms with van der Waals surface area (Å²) < 4.78 is 0. The van der Waals surface area contributed by atoms with Crippen molar-refractivity contribution in [1.29, 1.82) is 0 Å². The van der Waals surface area contributed by atoms with Gasteiger partial charge in [0.05, 0.1) is 12.2 Å². The van der Waals surface area contributed by atoms with Crippen molar-refractivity contribution in [3.8, 4) is 0 Å². The summed E-state index contributed by atoms with van der Waals surface area (Å²) in [6.45, 7) is 0.525. The lowest BCUT2D eigenvalue weighted by Crippen LogP contribution is -2.06. The van der Waals surface area contributed by atoms with E-state index in [0.29, 0.717) is 18.2 Å². The highest BCUT2D eigenvalue weighted by molar-refractivity contribution is 5.54. The monoisotopic (exact) mass is 202 g/mol. The van der Waals surface area contributed by atoms with Crippen LogP contribution in [-0.2, 0) is 6.54 Å². The zero-order chi connectivity index (χ0) is 10.5. The fraction of sp³-hybridized carbons (Fsp3) is 0.111. The van der Waals surface area contributed by atoms with Crippen LogP contribution in [0.3, 0.4) is 0 Å². The predicted molar refractivity (Wildman–Crippen MR) is 55.8 cm³/mol. The molecule has 0 atom stereocenters. The third kappa shape index (κ3) is 2.37. The van der Waals surface area contributed by atoms with Gasteiger partial charge in [0, 0.05) is 18.6 Å². The van der Waals surface area contributed by atoms with E-state index in [-0.39, 0.29) is 0 Å². The highest BCUT2D eigenvalue weighted by atomic mass is 15.1. The maximum Gasteiger partial charge on any atom is 0.169 e. The van der Waals surface area contributed by atoms with E-state index < -0.39 is 0 Å². The normalized spacial score (nSPS) is 9.87. The summed E-state index contributed by atoms with van der Waals surface area (Å²) in [7, 11) is 0.